The maximum absolute atomic E-state index is 11.0. The molecule has 0 fully saturated rings. The van der Waals surface area contributed by atoms with Gasteiger partial charge in [-0.25, -0.2) is 0 Å². The Morgan fingerprint density at radius 1 is 1.31 bits per heavy atom. The quantitative estimate of drug-likeness (QED) is 0.714. The number of hydrogen-bond donors (Lipinski definition) is 0. The minimum Gasteiger partial charge on any atom is -0.377 e. The van der Waals surface area contributed by atoms with Crippen LogP contribution in [0, 0.1) is 0 Å². The van der Waals surface area contributed by atoms with Crippen molar-refractivity contribution >= 4 is 21.7 Å². The maximum atomic E-state index is 11.0. The predicted octanol–water partition coefficient (Wildman–Crippen LogP) is 3.73. The number of rotatable bonds is 7. The molecule has 1 aromatic rings. The van der Waals surface area contributed by atoms with Crippen molar-refractivity contribution < 1.29 is 9.53 Å². The molecule has 0 bridgehead atoms. The molecule has 0 atom stereocenters. The summed E-state index contributed by atoms with van der Waals surface area (Å²) in [7, 11) is 0. The Kier molecular flexibility index (Phi) is 6.34. The van der Waals surface area contributed by atoms with Gasteiger partial charge in [0.05, 0.1) is 6.61 Å². The Hall–Kier alpha value is -0.670. The van der Waals surface area contributed by atoms with Crippen molar-refractivity contribution in [2.45, 2.75) is 32.8 Å². The summed E-state index contributed by atoms with van der Waals surface area (Å²) < 4.78 is 6.56. The summed E-state index contributed by atoms with van der Waals surface area (Å²) in [5.41, 5.74) is 1.16. The Bertz CT molecular complexity index is 319. The van der Waals surface area contributed by atoms with Crippen molar-refractivity contribution in [3.8, 4) is 0 Å². The monoisotopic (exact) mass is 284 g/mol. The summed E-state index contributed by atoms with van der Waals surface area (Å²) in [5, 5.41) is 0. The molecule has 0 N–H and O–H groups in total. The number of benzene rings is 1. The van der Waals surface area contributed by atoms with Crippen LogP contribution >= 0.6 is 15.9 Å². The highest BCUT2D eigenvalue weighted by Crippen LogP contribution is 2.11. The lowest BCUT2D eigenvalue weighted by molar-refractivity contribution is -0.119. The van der Waals surface area contributed by atoms with E-state index in [0.717, 1.165) is 16.5 Å². The average molecular weight is 285 g/mol. The molecule has 0 saturated carbocycles. The van der Waals surface area contributed by atoms with Crippen LogP contribution in [0.4, 0.5) is 0 Å². The van der Waals surface area contributed by atoms with Crippen molar-refractivity contribution in [2.75, 3.05) is 6.61 Å². The van der Waals surface area contributed by atoms with Crippen LogP contribution in [0.15, 0.2) is 28.7 Å². The minimum absolute atomic E-state index is 0.312. The molecule has 0 spiro atoms. The molecule has 3 heteroatoms. The highest BCUT2D eigenvalue weighted by molar-refractivity contribution is 9.10. The first-order valence-corrected chi connectivity index (χ1v) is 6.35. The molecule has 1 aromatic carbocycles. The van der Waals surface area contributed by atoms with Gasteiger partial charge in [0.1, 0.15) is 5.78 Å². The summed E-state index contributed by atoms with van der Waals surface area (Å²) >= 11 is 3.38. The van der Waals surface area contributed by atoms with E-state index in [0.29, 0.717) is 31.8 Å². The molecular weight excluding hydrogens is 268 g/mol. The second-order valence-corrected chi connectivity index (χ2v) is 4.59. The van der Waals surface area contributed by atoms with Crippen LogP contribution in [0.2, 0.25) is 0 Å². The van der Waals surface area contributed by atoms with E-state index in [1.807, 2.05) is 31.2 Å². The van der Waals surface area contributed by atoms with Gasteiger partial charge in [0, 0.05) is 23.9 Å². The van der Waals surface area contributed by atoms with Gasteiger partial charge >= 0.3 is 0 Å². The van der Waals surface area contributed by atoms with Crippen LogP contribution in [0.25, 0.3) is 0 Å². The van der Waals surface area contributed by atoms with Crippen LogP contribution in [0.1, 0.15) is 31.7 Å². The summed E-state index contributed by atoms with van der Waals surface area (Å²) in [4.78, 5) is 11.0. The summed E-state index contributed by atoms with van der Waals surface area (Å²) in [6.07, 6.45) is 2.09. The van der Waals surface area contributed by atoms with Crippen molar-refractivity contribution in [1.29, 1.82) is 0 Å². The molecule has 2 nitrogen and oxygen atoms in total. The molecule has 0 aliphatic rings. The lowest BCUT2D eigenvalue weighted by Gasteiger charge is -2.04. The lowest BCUT2D eigenvalue weighted by atomic mass is 10.2. The first-order chi connectivity index (χ1) is 7.72. The molecule has 16 heavy (non-hydrogen) atoms. The molecule has 0 aliphatic heterocycles. The molecule has 0 radical (unpaired) electrons. The van der Waals surface area contributed by atoms with Crippen LogP contribution in [0.5, 0.6) is 0 Å². The Labute approximate surface area is 105 Å². The number of Topliss-reactive ketones (excluding diaryl/α,β-unsaturated/α-hetero) is 1. The topological polar surface area (TPSA) is 26.3 Å². The van der Waals surface area contributed by atoms with Crippen molar-refractivity contribution in [3.05, 3.63) is 34.3 Å². The van der Waals surface area contributed by atoms with Gasteiger partial charge in [-0.1, -0.05) is 35.0 Å². The van der Waals surface area contributed by atoms with Gasteiger partial charge < -0.3 is 4.74 Å². The smallest absolute Gasteiger partial charge is 0.132 e. The summed E-state index contributed by atoms with van der Waals surface area (Å²) in [6.45, 7) is 3.17. The largest absolute Gasteiger partial charge is 0.377 e. The number of halogens is 1. The fourth-order valence-electron chi connectivity index (χ4n) is 1.32. The Balaban J connectivity index is 2.11. The number of ketones is 1. The third-order valence-electron chi connectivity index (χ3n) is 2.32. The SMILES string of the molecule is CCC(=O)CCCOCc1ccc(Br)cc1. The van der Waals surface area contributed by atoms with Crippen molar-refractivity contribution in [3.63, 3.8) is 0 Å². The third-order valence-corrected chi connectivity index (χ3v) is 2.85. The number of carbonyl (C=O) groups excluding carboxylic acids is 1. The molecule has 0 aromatic heterocycles. The number of carbonyl (C=O) groups is 1. The number of ether oxygens (including phenoxy) is 1. The molecule has 0 amide bonds. The Morgan fingerprint density at radius 3 is 2.62 bits per heavy atom. The first-order valence-electron chi connectivity index (χ1n) is 5.56. The van der Waals surface area contributed by atoms with E-state index in [-0.39, 0.29) is 0 Å². The zero-order valence-corrected chi connectivity index (χ0v) is 11.1. The standard InChI is InChI=1S/C13H17BrO2/c1-2-13(15)4-3-9-16-10-11-5-7-12(14)8-6-11/h5-8H,2-4,9-10H2,1H3. The van der Waals surface area contributed by atoms with E-state index >= 15 is 0 Å². The highest BCUT2D eigenvalue weighted by atomic mass is 79.9. The second kappa shape index (κ2) is 7.58. The summed E-state index contributed by atoms with van der Waals surface area (Å²) in [5.74, 6) is 0.312. The van der Waals surface area contributed by atoms with E-state index in [9.17, 15) is 4.79 Å². The Morgan fingerprint density at radius 2 is 2.00 bits per heavy atom. The zero-order valence-electron chi connectivity index (χ0n) is 9.54. The minimum atomic E-state index is 0.312. The van der Waals surface area contributed by atoms with Crippen LogP contribution in [-0.4, -0.2) is 12.4 Å². The van der Waals surface area contributed by atoms with Gasteiger partial charge in [0.2, 0.25) is 0 Å². The molecule has 0 aliphatic carbocycles. The normalized spacial score (nSPS) is 10.4. The second-order valence-electron chi connectivity index (χ2n) is 3.67. The van der Waals surface area contributed by atoms with Crippen LogP contribution < -0.4 is 0 Å². The molecule has 0 heterocycles. The van der Waals surface area contributed by atoms with Crippen molar-refractivity contribution in [1.82, 2.24) is 0 Å². The number of hydrogen-bond acceptors (Lipinski definition) is 2. The average Bonchev–Trinajstić information content (AvgIpc) is 2.31. The van der Waals surface area contributed by atoms with Gasteiger partial charge in [-0.05, 0) is 24.1 Å². The molecular formula is C13H17BrO2. The predicted molar refractivity (Wildman–Crippen MR) is 68.3 cm³/mol. The van der Waals surface area contributed by atoms with Gasteiger partial charge in [-0.3, -0.25) is 4.79 Å². The fraction of sp³-hybridized carbons (Fsp3) is 0.462. The summed E-state index contributed by atoms with van der Waals surface area (Å²) in [6, 6.07) is 8.06. The van der Waals surface area contributed by atoms with Gasteiger partial charge in [-0.15, -0.1) is 0 Å². The molecule has 0 unspecified atom stereocenters. The first kappa shape index (κ1) is 13.4. The van der Waals surface area contributed by atoms with E-state index in [1.54, 1.807) is 0 Å². The fourth-order valence-corrected chi connectivity index (χ4v) is 1.58. The zero-order chi connectivity index (χ0) is 11.8. The molecule has 0 saturated heterocycles. The van der Waals surface area contributed by atoms with Crippen molar-refractivity contribution in [2.24, 2.45) is 0 Å². The van der Waals surface area contributed by atoms with E-state index < -0.39 is 0 Å². The van der Waals surface area contributed by atoms with E-state index in [1.165, 1.54) is 0 Å². The lowest BCUT2D eigenvalue weighted by Crippen LogP contribution is -2.00. The van der Waals surface area contributed by atoms with Gasteiger partial charge in [0.15, 0.2) is 0 Å². The van der Waals surface area contributed by atoms with Crippen LogP contribution in [-0.2, 0) is 16.1 Å². The molecule has 88 valence electrons. The maximum Gasteiger partial charge on any atom is 0.132 e. The van der Waals surface area contributed by atoms with Gasteiger partial charge in [-0.2, -0.15) is 0 Å². The van der Waals surface area contributed by atoms with E-state index in [4.69, 9.17) is 4.74 Å². The van der Waals surface area contributed by atoms with E-state index in [2.05, 4.69) is 15.9 Å². The van der Waals surface area contributed by atoms with Crippen LogP contribution in [0.3, 0.4) is 0 Å². The molecule has 1 rings (SSSR count). The third kappa shape index (κ3) is 5.42. The van der Waals surface area contributed by atoms with Gasteiger partial charge in [0.25, 0.3) is 0 Å². The highest BCUT2D eigenvalue weighted by Gasteiger charge is 1.98.